The number of hydrogen-bond acceptors (Lipinski definition) is 5. The number of carbonyl (C=O) groups is 1. The maximum atomic E-state index is 13.0. The van der Waals surface area contributed by atoms with Crippen molar-refractivity contribution in [2.45, 2.75) is 32.6 Å². The second-order valence-electron chi connectivity index (χ2n) is 7.78. The summed E-state index contributed by atoms with van der Waals surface area (Å²) in [7, 11) is 0. The molecule has 6 nitrogen and oxygen atoms in total. The molecule has 2 aromatic carbocycles. The first kappa shape index (κ1) is 20.1. The molecule has 0 aliphatic carbocycles. The van der Waals surface area contributed by atoms with Crippen molar-refractivity contribution in [3.05, 3.63) is 60.2 Å². The van der Waals surface area contributed by atoms with Crippen LogP contribution in [0.25, 0.3) is 11.4 Å². The molecular weight excluding hydrogens is 383 g/mol. The summed E-state index contributed by atoms with van der Waals surface area (Å²) in [6.45, 7) is 4.46. The average molecular weight is 408 g/mol. The van der Waals surface area contributed by atoms with Gasteiger partial charge in [-0.1, -0.05) is 12.1 Å². The van der Waals surface area contributed by atoms with Gasteiger partial charge in [0.2, 0.25) is 17.6 Å². The number of benzene rings is 2. The number of aromatic nitrogens is 2. The molecule has 7 heteroatoms. The van der Waals surface area contributed by atoms with Gasteiger partial charge in [0.25, 0.3) is 0 Å². The molecule has 2 heterocycles. The van der Waals surface area contributed by atoms with Crippen LogP contribution in [0, 0.1) is 11.7 Å². The zero-order valence-corrected chi connectivity index (χ0v) is 17.0. The fraction of sp³-hybridized carbons (Fsp3) is 0.348. The molecule has 1 aromatic heterocycles. The quantitative estimate of drug-likeness (QED) is 0.641. The molecule has 1 amide bonds. The number of halogens is 1. The number of aryl methyl sites for hydroxylation is 1. The topological polar surface area (TPSA) is 71.3 Å². The van der Waals surface area contributed by atoms with Crippen molar-refractivity contribution in [3.63, 3.8) is 0 Å². The van der Waals surface area contributed by atoms with Crippen molar-refractivity contribution in [2.75, 3.05) is 23.3 Å². The average Bonchev–Trinajstić information content (AvgIpc) is 3.23. The molecule has 1 aliphatic rings. The van der Waals surface area contributed by atoms with Crippen LogP contribution in [0.3, 0.4) is 0 Å². The summed E-state index contributed by atoms with van der Waals surface area (Å²) in [5.41, 5.74) is 2.63. The predicted molar refractivity (Wildman–Crippen MR) is 114 cm³/mol. The van der Waals surface area contributed by atoms with E-state index in [2.05, 4.69) is 39.4 Å². The lowest BCUT2D eigenvalue weighted by Gasteiger charge is -2.32. The molecular formula is C23H25FN4O2. The summed E-state index contributed by atoms with van der Waals surface area (Å²) in [5, 5.41) is 6.80. The van der Waals surface area contributed by atoms with Gasteiger partial charge in [-0.2, -0.15) is 4.98 Å². The largest absolute Gasteiger partial charge is 0.372 e. The van der Waals surface area contributed by atoms with Gasteiger partial charge in [-0.25, -0.2) is 4.39 Å². The molecule has 0 spiro atoms. The lowest BCUT2D eigenvalue weighted by atomic mass is 9.99. The third-order valence-electron chi connectivity index (χ3n) is 5.44. The second-order valence-corrected chi connectivity index (χ2v) is 7.78. The number of nitrogens with zero attached hydrogens (tertiary/aromatic N) is 3. The highest BCUT2D eigenvalue weighted by Gasteiger charge is 2.16. The molecule has 1 aliphatic heterocycles. The standard InChI is InChI=1S/C23H25FN4O2/c1-16-12-14-28(15-13-16)20-8-6-19(7-9-20)25-21(29)10-11-22-26-23(27-30-22)17-2-4-18(24)5-3-17/h2-9,16H,10-15H2,1H3,(H,25,29). The van der Waals surface area contributed by atoms with Gasteiger partial charge in [-0.15, -0.1) is 0 Å². The summed E-state index contributed by atoms with van der Waals surface area (Å²) in [4.78, 5) is 18.9. The maximum absolute atomic E-state index is 13.0. The fourth-order valence-corrected chi connectivity index (χ4v) is 3.54. The van der Waals surface area contributed by atoms with E-state index in [1.54, 1.807) is 12.1 Å². The molecule has 0 saturated carbocycles. The van der Waals surface area contributed by atoms with Crippen molar-refractivity contribution < 1.29 is 13.7 Å². The van der Waals surface area contributed by atoms with Gasteiger partial charge in [-0.05, 0) is 67.3 Å². The third kappa shape index (κ3) is 5.03. The van der Waals surface area contributed by atoms with Crippen LogP contribution in [-0.2, 0) is 11.2 Å². The van der Waals surface area contributed by atoms with Gasteiger partial charge < -0.3 is 14.7 Å². The summed E-state index contributed by atoms with van der Waals surface area (Å²) in [6.07, 6.45) is 3.01. The molecule has 1 fully saturated rings. The van der Waals surface area contributed by atoms with Gasteiger partial charge in [0.15, 0.2) is 0 Å². The highest BCUT2D eigenvalue weighted by atomic mass is 19.1. The zero-order chi connectivity index (χ0) is 20.9. The van der Waals surface area contributed by atoms with E-state index in [1.807, 2.05) is 12.1 Å². The summed E-state index contributed by atoms with van der Waals surface area (Å²) in [5.74, 6) is 1.12. The Kier molecular flexibility index (Phi) is 6.07. The summed E-state index contributed by atoms with van der Waals surface area (Å²) >= 11 is 0. The minimum Gasteiger partial charge on any atom is -0.372 e. The number of hydrogen-bond donors (Lipinski definition) is 1. The Bertz CT molecular complexity index is 977. The Labute approximate surface area is 175 Å². The molecule has 156 valence electrons. The number of piperidine rings is 1. The highest BCUT2D eigenvalue weighted by Crippen LogP contribution is 2.24. The normalized spacial score (nSPS) is 14.7. The van der Waals surface area contributed by atoms with Gasteiger partial charge in [-0.3, -0.25) is 4.79 Å². The maximum Gasteiger partial charge on any atom is 0.227 e. The van der Waals surface area contributed by atoms with E-state index in [0.717, 1.165) is 24.7 Å². The molecule has 4 rings (SSSR count). The van der Waals surface area contributed by atoms with Crippen LogP contribution in [0.4, 0.5) is 15.8 Å². The molecule has 0 radical (unpaired) electrons. The minimum absolute atomic E-state index is 0.115. The Balaban J connectivity index is 1.27. The lowest BCUT2D eigenvalue weighted by molar-refractivity contribution is -0.116. The molecule has 0 atom stereocenters. The molecule has 3 aromatic rings. The van der Waals surface area contributed by atoms with Crippen molar-refractivity contribution in [1.82, 2.24) is 10.1 Å². The van der Waals surface area contributed by atoms with Crippen LogP contribution in [0.5, 0.6) is 0 Å². The van der Waals surface area contributed by atoms with Crippen molar-refractivity contribution in [3.8, 4) is 11.4 Å². The first-order valence-electron chi connectivity index (χ1n) is 10.3. The lowest BCUT2D eigenvalue weighted by Crippen LogP contribution is -2.32. The van der Waals surface area contributed by atoms with E-state index >= 15 is 0 Å². The van der Waals surface area contributed by atoms with Crippen LogP contribution in [0.2, 0.25) is 0 Å². The van der Waals surface area contributed by atoms with Crippen molar-refractivity contribution in [2.24, 2.45) is 5.92 Å². The number of amides is 1. The van der Waals surface area contributed by atoms with E-state index in [1.165, 1.54) is 30.7 Å². The Morgan fingerprint density at radius 1 is 1.13 bits per heavy atom. The highest BCUT2D eigenvalue weighted by molar-refractivity contribution is 5.91. The van der Waals surface area contributed by atoms with E-state index < -0.39 is 0 Å². The Morgan fingerprint density at radius 3 is 2.53 bits per heavy atom. The van der Waals surface area contributed by atoms with Crippen LogP contribution in [-0.4, -0.2) is 29.1 Å². The summed E-state index contributed by atoms with van der Waals surface area (Å²) < 4.78 is 18.2. The van der Waals surface area contributed by atoms with E-state index in [4.69, 9.17) is 4.52 Å². The van der Waals surface area contributed by atoms with Crippen molar-refractivity contribution in [1.29, 1.82) is 0 Å². The number of anilines is 2. The van der Waals surface area contributed by atoms with Gasteiger partial charge in [0.1, 0.15) is 5.82 Å². The Hall–Kier alpha value is -3.22. The van der Waals surface area contributed by atoms with E-state index in [0.29, 0.717) is 23.7 Å². The molecule has 0 bridgehead atoms. The smallest absolute Gasteiger partial charge is 0.227 e. The summed E-state index contributed by atoms with van der Waals surface area (Å²) in [6, 6.07) is 13.8. The molecule has 1 N–H and O–H groups in total. The number of nitrogens with one attached hydrogen (secondary N) is 1. The SMILES string of the molecule is CC1CCN(c2ccc(NC(=O)CCc3nc(-c4ccc(F)cc4)no3)cc2)CC1. The van der Waals surface area contributed by atoms with Gasteiger partial charge >= 0.3 is 0 Å². The predicted octanol–water partition coefficient (Wildman–Crippen LogP) is 4.68. The number of rotatable bonds is 6. The number of carbonyl (C=O) groups excluding carboxylic acids is 1. The van der Waals surface area contributed by atoms with Gasteiger partial charge in [0, 0.05) is 42.9 Å². The third-order valence-corrected chi connectivity index (χ3v) is 5.44. The van der Waals surface area contributed by atoms with Gasteiger partial charge in [0.05, 0.1) is 0 Å². The van der Waals surface area contributed by atoms with E-state index in [9.17, 15) is 9.18 Å². The van der Waals surface area contributed by atoms with E-state index in [-0.39, 0.29) is 18.1 Å². The van der Waals surface area contributed by atoms with Crippen LogP contribution < -0.4 is 10.2 Å². The fourth-order valence-electron chi connectivity index (χ4n) is 3.54. The molecule has 0 unspecified atom stereocenters. The first-order valence-corrected chi connectivity index (χ1v) is 10.3. The van der Waals surface area contributed by atoms with Crippen LogP contribution >= 0.6 is 0 Å². The molecule has 30 heavy (non-hydrogen) atoms. The Morgan fingerprint density at radius 2 is 1.83 bits per heavy atom. The van der Waals surface area contributed by atoms with Crippen molar-refractivity contribution >= 4 is 17.3 Å². The first-order chi connectivity index (χ1) is 14.6. The molecule has 1 saturated heterocycles. The zero-order valence-electron chi connectivity index (χ0n) is 17.0. The van der Waals surface area contributed by atoms with Crippen LogP contribution in [0.1, 0.15) is 32.1 Å². The minimum atomic E-state index is -0.322. The second kappa shape index (κ2) is 9.07. The van der Waals surface area contributed by atoms with Crippen LogP contribution in [0.15, 0.2) is 53.1 Å². The monoisotopic (exact) mass is 408 g/mol.